The molecule has 1 aromatic carbocycles. The molecule has 1 N–H and O–H groups in total. The first-order valence-electron chi connectivity index (χ1n) is 8.66. The summed E-state index contributed by atoms with van der Waals surface area (Å²) in [5, 5.41) is 4.43. The minimum atomic E-state index is -0.255. The number of para-hydroxylation sites is 2. The van der Waals surface area contributed by atoms with Crippen molar-refractivity contribution in [1.29, 1.82) is 0 Å². The zero-order chi connectivity index (χ0) is 18.3. The zero-order valence-corrected chi connectivity index (χ0v) is 15.0. The minimum absolute atomic E-state index is 0.0417. The van der Waals surface area contributed by atoms with Gasteiger partial charge >= 0.3 is 5.69 Å². The highest BCUT2D eigenvalue weighted by molar-refractivity contribution is 5.80. The first kappa shape index (κ1) is 16.6. The van der Waals surface area contributed by atoms with Crippen LogP contribution in [-0.2, 0) is 31.0 Å². The van der Waals surface area contributed by atoms with Gasteiger partial charge in [-0.25, -0.2) is 4.79 Å². The molecular formula is C18H22N6O2. The van der Waals surface area contributed by atoms with Gasteiger partial charge in [0.1, 0.15) is 6.54 Å². The number of carbonyl (C=O) groups excluding carboxylic acids is 1. The van der Waals surface area contributed by atoms with Gasteiger partial charge in [-0.3, -0.25) is 14.0 Å². The lowest BCUT2D eigenvalue weighted by Gasteiger charge is -2.29. The Bertz CT molecular complexity index is 1010. The van der Waals surface area contributed by atoms with Gasteiger partial charge in [-0.2, -0.15) is 5.10 Å². The van der Waals surface area contributed by atoms with E-state index in [1.807, 2.05) is 54.1 Å². The van der Waals surface area contributed by atoms with Crippen LogP contribution >= 0.6 is 0 Å². The number of carbonyl (C=O) groups is 1. The molecule has 0 radical (unpaired) electrons. The van der Waals surface area contributed by atoms with Crippen molar-refractivity contribution in [3.05, 3.63) is 52.2 Å². The fourth-order valence-corrected chi connectivity index (χ4v) is 3.49. The number of hydrogen-bond acceptors (Lipinski definition) is 4. The Morgan fingerprint density at radius 2 is 2.08 bits per heavy atom. The third-order valence-corrected chi connectivity index (χ3v) is 4.77. The second-order valence-corrected chi connectivity index (χ2v) is 6.93. The summed E-state index contributed by atoms with van der Waals surface area (Å²) in [7, 11) is 4.03. The molecule has 2 aromatic heterocycles. The van der Waals surface area contributed by atoms with E-state index in [1.165, 1.54) is 4.57 Å². The molecule has 0 saturated heterocycles. The molecule has 1 amide bonds. The van der Waals surface area contributed by atoms with Crippen LogP contribution in [0.25, 0.3) is 11.0 Å². The first-order chi connectivity index (χ1) is 12.5. The number of rotatable bonds is 4. The van der Waals surface area contributed by atoms with Crippen molar-refractivity contribution in [3.63, 3.8) is 0 Å². The third kappa shape index (κ3) is 2.92. The maximum atomic E-state index is 12.8. The lowest BCUT2D eigenvalue weighted by Crippen LogP contribution is -2.41. The number of fused-ring (bicyclic) bond motifs is 2. The Balaban J connectivity index is 1.55. The topological polar surface area (TPSA) is 79.2 Å². The summed E-state index contributed by atoms with van der Waals surface area (Å²) in [5.74, 6) is -0.0555. The standard InChI is InChI=1S/C18H22N6O2/c1-21(2)10-13-9-19-24-8-7-22(11-16(13)24)17(25)12-23-15-6-4-3-5-14(15)20-18(23)26/h3-6,9H,7-8,10-12H2,1-2H3,(H,20,26). The Morgan fingerprint density at radius 3 is 2.88 bits per heavy atom. The molecule has 8 heteroatoms. The lowest BCUT2D eigenvalue weighted by molar-refractivity contribution is -0.133. The molecule has 0 atom stereocenters. The number of aromatic nitrogens is 4. The molecule has 136 valence electrons. The number of amides is 1. The molecule has 0 aliphatic carbocycles. The van der Waals surface area contributed by atoms with Crippen LogP contribution in [0.1, 0.15) is 11.3 Å². The van der Waals surface area contributed by atoms with E-state index in [0.29, 0.717) is 19.6 Å². The van der Waals surface area contributed by atoms with Gasteiger partial charge in [-0.15, -0.1) is 0 Å². The Kier molecular flexibility index (Phi) is 4.12. The molecule has 3 heterocycles. The van der Waals surface area contributed by atoms with E-state index in [1.54, 1.807) is 0 Å². The van der Waals surface area contributed by atoms with Gasteiger partial charge in [0.15, 0.2) is 0 Å². The number of H-pyrrole nitrogens is 1. The van der Waals surface area contributed by atoms with Crippen LogP contribution in [0.4, 0.5) is 0 Å². The van der Waals surface area contributed by atoms with E-state index in [4.69, 9.17) is 0 Å². The van der Waals surface area contributed by atoms with Gasteiger partial charge in [0, 0.05) is 18.7 Å². The van der Waals surface area contributed by atoms with E-state index in [2.05, 4.69) is 15.0 Å². The second kappa shape index (κ2) is 6.45. The number of imidazole rings is 1. The molecular weight excluding hydrogens is 332 g/mol. The number of nitrogens with one attached hydrogen (secondary N) is 1. The van der Waals surface area contributed by atoms with Crippen LogP contribution in [0, 0.1) is 0 Å². The highest BCUT2D eigenvalue weighted by atomic mass is 16.2. The van der Waals surface area contributed by atoms with E-state index in [9.17, 15) is 9.59 Å². The molecule has 0 saturated carbocycles. The minimum Gasteiger partial charge on any atom is -0.333 e. The van der Waals surface area contributed by atoms with Crippen molar-refractivity contribution < 1.29 is 4.79 Å². The quantitative estimate of drug-likeness (QED) is 0.745. The average Bonchev–Trinajstić information content (AvgIpc) is 3.15. The summed E-state index contributed by atoms with van der Waals surface area (Å²) < 4.78 is 3.48. The average molecular weight is 354 g/mol. The van der Waals surface area contributed by atoms with Crippen LogP contribution in [0.5, 0.6) is 0 Å². The van der Waals surface area contributed by atoms with E-state index >= 15 is 0 Å². The predicted octanol–water partition coefficient (Wildman–Crippen LogP) is 0.630. The van der Waals surface area contributed by atoms with Crippen molar-refractivity contribution in [3.8, 4) is 0 Å². The number of hydrogen-bond donors (Lipinski definition) is 1. The lowest BCUT2D eigenvalue weighted by atomic mass is 10.2. The molecule has 4 rings (SSSR count). The number of nitrogens with zero attached hydrogens (tertiary/aromatic N) is 5. The maximum Gasteiger partial charge on any atom is 0.326 e. The summed E-state index contributed by atoms with van der Waals surface area (Å²) in [5.41, 5.74) is 3.45. The maximum absolute atomic E-state index is 12.8. The number of aromatic amines is 1. The van der Waals surface area contributed by atoms with Gasteiger partial charge in [-0.05, 0) is 26.2 Å². The van der Waals surface area contributed by atoms with Gasteiger partial charge in [0.25, 0.3) is 0 Å². The molecule has 8 nitrogen and oxygen atoms in total. The smallest absolute Gasteiger partial charge is 0.326 e. The largest absolute Gasteiger partial charge is 0.333 e. The van der Waals surface area contributed by atoms with E-state index < -0.39 is 0 Å². The van der Waals surface area contributed by atoms with Gasteiger partial charge in [-0.1, -0.05) is 12.1 Å². The highest BCUT2D eigenvalue weighted by Gasteiger charge is 2.24. The fourth-order valence-electron chi connectivity index (χ4n) is 3.49. The molecule has 0 fully saturated rings. The summed E-state index contributed by atoms with van der Waals surface area (Å²) in [6.07, 6.45) is 1.88. The van der Waals surface area contributed by atoms with E-state index in [0.717, 1.165) is 28.8 Å². The highest BCUT2D eigenvalue weighted by Crippen LogP contribution is 2.18. The second-order valence-electron chi connectivity index (χ2n) is 6.93. The van der Waals surface area contributed by atoms with Crippen molar-refractivity contribution in [2.24, 2.45) is 0 Å². The zero-order valence-electron chi connectivity index (χ0n) is 15.0. The van der Waals surface area contributed by atoms with Crippen LogP contribution in [-0.4, -0.2) is 55.7 Å². The molecule has 3 aromatic rings. The van der Waals surface area contributed by atoms with Gasteiger partial charge in [0.2, 0.25) is 5.91 Å². The van der Waals surface area contributed by atoms with Gasteiger partial charge < -0.3 is 14.8 Å². The van der Waals surface area contributed by atoms with Crippen LogP contribution in [0.3, 0.4) is 0 Å². The molecule has 1 aliphatic heterocycles. The molecule has 1 aliphatic rings. The summed E-state index contributed by atoms with van der Waals surface area (Å²) in [6.45, 7) is 2.64. The summed E-state index contributed by atoms with van der Waals surface area (Å²) >= 11 is 0. The molecule has 0 bridgehead atoms. The molecule has 26 heavy (non-hydrogen) atoms. The molecule has 0 spiro atoms. The SMILES string of the molecule is CN(C)Cc1cnn2c1CN(C(=O)Cn1c(=O)[nH]c3ccccc31)CC2. The van der Waals surface area contributed by atoms with Crippen molar-refractivity contribution in [2.75, 3.05) is 20.6 Å². The van der Waals surface area contributed by atoms with Gasteiger partial charge in [0.05, 0.1) is 36.0 Å². The molecule has 0 unspecified atom stereocenters. The van der Waals surface area contributed by atoms with Crippen LogP contribution in [0.15, 0.2) is 35.3 Å². The first-order valence-corrected chi connectivity index (χ1v) is 8.66. The van der Waals surface area contributed by atoms with Crippen molar-refractivity contribution in [1.82, 2.24) is 29.1 Å². The summed E-state index contributed by atoms with van der Waals surface area (Å²) in [4.78, 5) is 31.7. The Hall–Kier alpha value is -2.87. The normalized spacial score (nSPS) is 14.2. The Labute approximate surface area is 150 Å². The van der Waals surface area contributed by atoms with Crippen LogP contribution in [0.2, 0.25) is 0 Å². The predicted molar refractivity (Wildman–Crippen MR) is 97.6 cm³/mol. The van der Waals surface area contributed by atoms with E-state index in [-0.39, 0.29) is 18.1 Å². The van der Waals surface area contributed by atoms with Crippen molar-refractivity contribution >= 4 is 16.9 Å². The van der Waals surface area contributed by atoms with Crippen molar-refractivity contribution in [2.45, 2.75) is 26.2 Å². The monoisotopic (exact) mass is 354 g/mol. The summed E-state index contributed by atoms with van der Waals surface area (Å²) in [6, 6.07) is 7.41. The fraction of sp³-hybridized carbons (Fsp3) is 0.389. The van der Waals surface area contributed by atoms with Crippen LogP contribution < -0.4 is 5.69 Å². The number of benzene rings is 1. The third-order valence-electron chi connectivity index (χ3n) is 4.77. The Morgan fingerprint density at radius 1 is 1.27 bits per heavy atom.